The molecule has 1 fully saturated rings. The summed E-state index contributed by atoms with van der Waals surface area (Å²) in [6.07, 6.45) is 0.765. The molecule has 0 spiro atoms. The Kier molecular flexibility index (Phi) is 3.57. The molecule has 0 unspecified atom stereocenters. The Morgan fingerprint density at radius 2 is 2.11 bits per heavy atom. The van der Waals surface area contributed by atoms with Crippen LogP contribution >= 0.6 is 0 Å². The van der Waals surface area contributed by atoms with Gasteiger partial charge in [0.2, 0.25) is 0 Å². The minimum Gasteiger partial charge on any atom is -0.496 e. The van der Waals surface area contributed by atoms with Gasteiger partial charge in [-0.3, -0.25) is 9.59 Å². The average molecular weight is 264 g/mol. The van der Waals surface area contributed by atoms with E-state index >= 15 is 0 Å². The van der Waals surface area contributed by atoms with Crippen LogP contribution in [0.25, 0.3) is 0 Å². The van der Waals surface area contributed by atoms with E-state index in [1.165, 1.54) is 7.11 Å². The van der Waals surface area contributed by atoms with Gasteiger partial charge in [0, 0.05) is 0 Å². The summed E-state index contributed by atoms with van der Waals surface area (Å²) in [6.45, 7) is 1.80. The third-order valence-electron chi connectivity index (χ3n) is 3.46. The van der Waals surface area contributed by atoms with Crippen molar-refractivity contribution in [2.75, 3.05) is 20.3 Å². The zero-order valence-electron chi connectivity index (χ0n) is 10.9. The van der Waals surface area contributed by atoms with Gasteiger partial charge < -0.3 is 14.6 Å². The number of carboxylic acid groups (broad SMARTS) is 1. The number of Topliss-reactive ketones (excluding diaryl/α,β-unsaturated/α-hetero) is 1. The first-order valence-corrected chi connectivity index (χ1v) is 6.08. The number of rotatable bonds is 5. The number of hydrogen-bond acceptors (Lipinski definition) is 4. The van der Waals surface area contributed by atoms with Crippen LogP contribution in [0.1, 0.15) is 22.8 Å². The Bertz CT molecular complexity index is 517. The van der Waals surface area contributed by atoms with E-state index in [0.717, 1.165) is 12.0 Å². The van der Waals surface area contributed by atoms with Gasteiger partial charge in [-0.25, -0.2) is 0 Å². The molecule has 5 heteroatoms. The van der Waals surface area contributed by atoms with Gasteiger partial charge in [-0.05, 0) is 24.1 Å². The van der Waals surface area contributed by atoms with Gasteiger partial charge in [-0.1, -0.05) is 13.0 Å². The zero-order chi connectivity index (χ0) is 14.0. The standard InChI is InChI=1S/C14H16O5/c1-3-9-4-5-11(18-2)10(6-9)12(15)14(13(16)17)7-19-8-14/h4-6H,3,7-8H2,1-2H3,(H,16,17). The molecule has 19 heavy (non-hydrogen) atoms. The molecule has 0 atom stereocenters. The maximum Gasteiger partial charge on any atom is 0.322 e. The predicted molar refractivity (Wildman–Crippen MR) is 67.6 cm³/mol. The monoisotopic (exact) mass is 264 g/mol. The quantitative estimate of drug-likeness (QED) is 0.645. The van der Waals surface area contributed by atoms with E-state index in [-0.39, 0.29) is 13.2 Å². The number of carbonyl (C=O) groups is 2. The molecule has 1 aromatic rings. The second-order valence-electron chi connectivity index (χ2n) is 4.60. The molecule has 0 aliphatic carbocycles. The summed E-state index contributed by atoms with van der Waals surface area (Å²) in [7, 11) is 1.46. The van der Waals surface area contributed by atoms with Crippen LogP contribution in [0.2, 0.25) is 0 Å². The van der Waals surface area contributed by atoms with E-state index in [2.05, 4.69) is 0 Å². The molecule has 0 aromatic heterocycles. The number of hydrogen-bond donors (Lipinski definition) is 1. The highest BCUT2D eigenvalue weighted by Gasteiger charge is 2.53. The molecule has 1 aliphatic heterocycles. The van der Waals surface area contributed by atoms with Gasteiger partial charge in [-0.2, -0.15) is 0 Å². The SMILES string of the molecule is CCc1ccc(OC)c(C(=O)C2(C(=O)O)COC2)c1. The highest BCUT2D eigenvalue weighted by atomic mass is 16.5. The van der Waals surface area contributed by atoms with E-state index in [1.54, 1.807) is 12.1 Å². The molecule has 0 amide bonds. The average Bonchev–Trinajstić information content (AvgIpc) is 2.36. The summed E-state index contributed by atoms with van der Waals surface area (Å²) >= 11 is 0. The fourth-order valence-electron chi connectivity index (χ4n) is 2.07. The van der Waals surface area contributed by atoms with Crippen molar-refractivity contribution in [1.29, 1.82) is 0 Å². The van der Waals surface area contributed by atoms with Crippen LogP contribution in [-0.4, -0.2) is 37.2 Å². The topological polar surface area (TPSA) is 72.8 Å². The van der Waals surface area contributed by atoms with Crippen LogP contribution < -0.4 is 4.74 Å². The lowest BCUT2D eigenvalue weighted by Gasteiger charge is -2.36. The van der Waals surface area contributed by atoms with Gasteiger partial charge in [0.25, 0.3) is 0 Å². The Morgan fingerprint density at radius 1 is 1.42 bits per heavy atom. The second-order valence-corrected chi connectivity index (χ2v) is 4.60. The molecule has 102 valence electrons. The molecule has 0 bridgehead atoms. The lowest BCUT2D eigenvalue weighted by molar-refractivity contribution is -0.169. The Morgan fingerprint density at radius 3 is 2.53 bits per heavy atom. The first-order chi connectivity index (χ1) is 9.05. The van der Waals surface area contributed by atoms with Crippen molar-refractivity contribution >= 4 is 11.8 Å². The molecular weight excluding hydrogens is 248 g/mol. The fraction of sp³-hybridized carbons (Fsp3) is 0.429. The van der Waals surface area contributed by atoms with Gasteiger partial charge in [0.15, 0.2) is 11.2 Å². The number of ketones is 1. The van der Waals surface area contributed by atoms with E-state index in [1.807, 2.05) is 13.0 Å². The number of aryl methyl sites for hydroxylation is 1. The summed E-state index contributed by atoms with van der Waals surface area (Å²) in [6, 6.07) is 5.26. The van der Waals surface area contributed by atoms with Crippen molar-refractivity contribution in [3.8, 4) is 5.75 Å². The van der Waals surface area contributed by atoms with Crippen LogP contribution in [0.3, 0.4) is 0 Å². The highest BCUT2D eigenvalue weighted by molar-refractivity contribution is 6.14. The molecule has 2 rings (SSSR count). The van der Waals surface area contributed by atoms with Gasteiger partial charge in [-0.15, -0.1) is 0 Å². The number of ether oxygens (including phenoxy) is 2. The van der Waals surface area contributed by atoms with E-state index in [9.17, 15) is 14.7 Å². The van der Waals surface area contributed by atoms with Crippen molar-refractivity contribution < 1.29 is 24.2 Å². The zero-order valence-corrected chi connectivity index (χ0v) is 10.9. The van der Waals surface area contributed by atoms with Crippen molar-refractivity contribution in [1.82, 2.24) is 0 Å². The molecule has 5 nitrogen and oxygen atoms in total. The molecular formula is C14H16O5. The first kappa shape index (κ1) is 13.5. The molecule has 1 aromatic carbocycles. The third-order valence-corrected chi connectivity index (χ3v) is 3.46. The Balaban J connectivity index is 2.45. The summed E-state index contributed by atoms with van der Waals surface area (Å²) in [5, 5.41) is 9.26. The molecule has 0 saturated carbocycles. The summed E-state index contributed by atoms with van der Waals surface area (Å²) < 4.78 is 10.1. The predicted octanol–water partition coefficient (Wildman–Crippen LogP) is 1.54. The smallest absolute Gasteiger partial charge is 0.322 e. The Hall–Kier alpha value is -1.88. The van der Waals surface area contributed by atoms with Gasteiger partial charge in [0.1, 0.15) is 5.75 Å². The molecule has 1 saturated heterocycles. The van der Waals surface area contributed by atoms with Crippen LogP contribution in [0, 0.1) is 5.41 Å². The summed E-state index contributed by atoms with van der Waals surface area (Å²) in [4.78, 5) is 23.8. The minimum atomic E-state index is -1.46. The second kappa shape index (κ2) is 5.01. The number of aliphatic carboxylic acids is 1. The van der Waals surface area contributed by atoms with Gasteiger partial charge in [0.05, 0.1) is 25.9 Å². The number of methoxy groups -OCH3 is 1. The number of carbonyl (C=O) groups excluding carboxylic acids is 1. The third kappa shape index (κ3) is 2.10. The molecule has 1 heterocycles. The minimum absolute atomic E-state index is 0.0827. The Labute approximate surface area is 111 Å². The molecule has 1 aliphatic rings. The van der Waals surface area contributed by atoms with Crippen LogP contribution in [0.5, 0.6) is 5.75 Å². The summed E-state index contributed by atoms with van der Waals surface area (Å²) in [5.74, 6) is -1.19. The lowest BCUT2D eigenvalue weighted by atomic mass is 9.78. The molecule has 1 N–H and O–H groups in total. The molecule has 0 radical (unpaired) electrons. The van der Waals surface area contributed by atoms with E-state index in [4.69, 9.17) is 9.47 Å². The van der Waals surface area contributed by atoms with Crippen molar-refractivity contribution in [3.63, 3.8) is 0 Å². The van der Waals surface area contributed by atoms with Crippen LogP contribution in [0.4, 0.5) is 0 Å². The van der Waals surface area contributed by atoms with Crippen LogP contribution in [-0.2, 0) is 16.0 Å². The number of carboxylic acids is 1. The van der Waals surface area contributed by atoms with Crippen molar-refractivity contribution in [2.45, 2.75) is 13.3 Å². The lowest BCUT2D eigenvalue weighted by Crippen LogP contribution is -2.54. The van der Waals surface area contributed by atoms with Gasteiger partial charge >= 0.3 is 5.97 Å². The summed E-state index contributed by atoms with van der Waals surface area (Å²) in [5.41, 5.74) is -0.183. The van der Waals surface area contributed by atoms with E-state index < -0.39 is 17.2 Å². The first-order valence-electron chi connectivity index (χ1n) is 6.08. The maximum absolute atomic E-state index is 12.5. The van der Waals surface area contributed by atoms with Crippen molar-refractivity contribution in [2.24, 2.45) is 5.41 Å². The largest absolute Gasteiger partial charge is 0.496 e. The fourth-order valence-corrected chi connectivity index (χ4v) is 2.07. The number of benzene rings is 1. The normalized spacial score (nSPS) is 16.5. The highest BCUT2D eigenvalue weighted by Crippen LogP contribution is 2.35. The van der Waals surface area contributed by atoms with Crippen LogP contribution in [0.15, 0.2) is 18.2 Å². The van der Waals surface area contributed by atoms with Crippen molar-refractivity contribution in [3.05, 3.63) is 29.3 Å². The van der Waals surface area contributed by atoms with E-state index in [0.29, 0.717) is 11.3 Å². The maximum atomic E-state index is 12.5.